The number of hydrogen-bond donors (Lipinski definition) is 2. The van der Waals surface area contributed by atoms with E-state index in [2.05, 4.69) is 27.9 Å². The fourth-order valence-electron chi connectivity index (χ4n) is 1.70. The quantitative estimate of drug-likeness (QED) is 0.746. The van der Waals surface area contributed by atoms with Gasteiger partial charge >= 0.3 is 0 Å². The Morgan fingerprint density at radius 2 is 1.84 bits per heavy atom. The van der Waals surface area contributed by atoms with Crippen LogP contribution in [0.15, 0.2) is 24.3 Å². The third-order valence-electron chi connectivity index (χ3n) is 2.63. The standard InChI is InChI=1S/C14H19IN2O2/c1-9(2)7-13(18)17-12(14(16)19)8-10-3-5-11(15)6-4-10/h3-6,9,12H,7-8H2,1-2H3,(H2,16,19)(H,17,18)/t12-/m0/s1. The number of carbonyl (C=O) groups is 2. The Morgan fingerprint density at radius 1 is 1.26 bits per heavy atom. The van der Waals surface area contributed by atoms with E-state index in [0.717, 1.165) is 9.13 Å². The lowest BCUT2D eigenvalue weighted by atomic mass is 10.0. The molecular weight excluding hydrogens is 355 g/mol. The Morgan fingerprint density at radius 3 is 2.32 bits per heavy atom. The predicted molar refractivity (Wildman–Crippen MR) is 83.4 cm³/mol. The summed E-state index contributed by atoms with van der Waals surface area (Å²) in [7, 11) is 0. The van der Waals surface area contributed by atoms with Crippen LogP contribution in [0.1, 0.15) is 25.8 Å². The molecule has 1 atom stereocenters. The lowest BCUT2D eigenvalue weighted by Gasteiger charge is -2.16. The van der Waals surface area contributed by atoms with Crippen LogP contribution in [0.3, 0.4) is 0 Å². The molecule has 0 saturated carbocycles. The van der Waals surface area contributed by atoms with Gasteiger partial charge in [-0.1, -0.05) is 26.0 Å². The molecule has 1 rings (SSSR count). The first-order chi connectivity index (χ1) is 8.88. The summed E-state index contributed by atoms with van der Waals surface area (Å²) >= 11 is 2.22. The van der Waals surface area contributed by atoms with E-state index in [1.165, 1.54) is 0 Å². The summed E-state index contributed by atoms with van der Waals surface area (Å²) in [6, 6.07) is 7.15. The summed E-state index contributed by atoms with van der Waals surface area (Å²) in [5.41, 5.74) is 6.32. The van der Waals surface area contributed by atoms with Crippen molar-refractivity contribution < 1.29 is 9.59 Å². The van der Waals surface area contributed by atoms with Crippen LogP contribution in [0.5, 0.6) is 0 Å². The topological polar surface area (TPSA) is 72.2 Å². The van der Waals surface area contributed by atoms with E-state index in [-0.39, 0.29) is 11.8 Å². The van der Waals surface area contributed by atoms with Crippen LogP contribution < -0.4 is 11.1 Å². The number of rotatable bonds is 6. The van der Waals surface area contributed by atoms with Crippen LogP contribution in [-0.2, 0) is 16.0 Å². The maximum absolute atomic E-state index is 11.7. The van der Waals surface area contributed by atoms with Crippen LogP contribution in [0, 0.1) is 9.49 Å². The van der Waals surface area contributed by atoms with Gasteiger partial charge in [-0.2, -0.15) is 0 Å². The van der Waals surface area contributed by atoms with E-state index < -0.39 is 11.9 Å². The van der Waals surface area contributed by atoms with Gasteiger partial charge in [-0.15, -0.1) is 0 Å². The molecule has 0 heterocycles. The van der Waals surface area contributed by atoms with Crippen molar-refractivity contribution in [2.24, 2.45) is 11.7 Å². The smallest absolute Gasteiger partial charge is 0.240 e. The molecule has 19 heavy (non-hydrogen) atoms. The van der Waals surface area contributed by atoms with Crippen molar-refractivity contribution in [1.29, 1.82) is 0 Å². The van der Waals surface area contributed by atoms with Gasteiger partial charge < -0.3 is 11.1 Å². The molecule has 1 aromatic rings. The Balaban J connectivity index is 2.65. The second-order valence-electron chi connectivity index (χ2n) is 4.95. The maximum Gasteiger partial charge on any atom is 0.240 e. The Hall–Kier alpha value is -1.11. The highest BCUT2D eigenvalue weighted by atomic mass is 127. The van der Waals surface area contributed by atoms with Crippen LogP contribution in [0.25, 0.3) is 0 Å². The van der Waals surface area contributed by atoms with Gasteiger partial charge in [0.1, 0.15) is 6.04 Å². The summed E-state index contributed by atoms with van der Waals surface area (Å²) in [5, 5.41) is 2.70. The first-order valence-corrected chi connectivity index (χ1v) is 7.29. The zero-order valence-corrected chi connectivity index (χ0v) is 13.3. The number of amides is 2. The first-order valence-electron chi connectivity index (χ1n) is 6.21. The molecule has 0 radical (unpaired) electrons. The Labute approximate surface area is 127 Å². The minimum atomic E-state index is -0.647. The van der Waals surface area contributed by atoms with Crippen molar-refractivity contribution in [1.82, 2.24) is 5.32 Å². The van der Waals surface area contributed by atoms with Gasteiger partial charge in [0.2, 0.25) is 11.8 Å². The number of nitrogens with two attached hydrogens (primary N) is 1. The number of primary amides is 1. The van der Waals surface area contributed by atoms with Crippen molar-refractivity contribution in [2.75, 3.05) is 0 Å². The summed E-state index contributed by atoms with van der Waals surface area (Å²) in [6.45, 7) is 3.91. The summed E-state index contributed by atoms with van der Waals surface area (Å²) in [4.78, 5) is 23.1. The average Bonchev–Trinajstić information content (AvgIpc) is 2.29. The Bertz CT molecular complexity index is 443. The zero-order valence-electron chi connectivity index (χ0n) is 11.2. The second kappa shape index (κ2) is 7.47. The van der Waals surface area contributed by atoms with Crippen molar-refractivity contribution in [2.45, 2.75) is 32.7 Å². The van der Waals surface area contributed by atoms with E-state index in [1.54, 1.807) is 0 Å². The molecular formula is C14H19IN2O2. The highest BCUT2D eigenvalue weighted by Gasteiger charge is 2.18. The minimum absolute atomic E-state index is 0.135. The molecule has 0 aliphatic carbocycles. The van der Waals surface area contributed by atoms with Crippen LogP contribution >= 0.6 is 22.6 Å². The number of carbonyl (C=O) groups excluding carboxylic acids is 2. The molecule has 2 amide bonds. The zero-order chi connectivity index (χ0) is 14.4. The third-order valence-corrected chi connectivity index (χ3v) is 3.34. The van der Waals surface area contributed by atoms with E-state index >= 15 is 0 Å². The fourth-order valence-corrected chi connectivity index (χ4v) is 2.06. The van der Waals surface area contributed by atoms with Gasteiger partial charge in [-0.05, 0) is 46.2 Å². The van der Waals surface area contributed by atoms with E-state index in [4.69, 9.17) is 5.73 Å². The van der Waals surface area contributed by atoms with E-state index in [0.29, 0.717) is 12.8 Å². The van der Waals surface area contributed by atoms with Crippen LogP contribution in [0.4, 0.5) is 0 Å². The second-order valence-corrected chi connectivity index (χ2v) is 6.20. The Kier molecular flexibility index (Phi) is 6.27. The molecule has 3 N–H and O–H groups in total. The molecule has 0 aliphatic heterocycles. The molecule has 0 unspecified atom stereocenters. The van der Waals surface area contributed by atoms with Crippen molar-refractivity contribution in [3.63, 3.8) is 0 Å². The normalized spacial score (nSPS) is 12.2. The fraction of sp³-hybridized carbons (Fsp3) is 0.429. The van der Waals surface area contributed by atoms with Gasteiger partial charge in [0, 0.05) is 16.4 Å². The maximum atomic E-state index is 11.7. The molecule has 0 saturated heterocycles. The van der Waals surface area contributed by atoms with Gasteiger partial charge in [0.15, 0.2) is 0 Å². The highest BCUT2D eigenvalue weighted by Crippen LogP contribution is 2.09. The van der Waals surface area contributed by atoms with Crippen molar-refractivity contribution >= 4 is 34.4 Å². The molecule has 104 valence electrons. The summed E-state index contributed by atoms with van der Waals surface area (Å²) in [6.07, 6.45) is 0.826. The van der Waals surface area contributed by atoms with Gasteiger partial charge in [-0.25, -0.2) is 0 Å². The third kappa shape index (κ3) is 6.04. The first kappa shape index (κ1) is 15.9. The molecule has 1 aromatic carbocycles. The van der Waals surface area contributed by atoms with Gasteiger partial charge in [0.05, 0.1) is 0 Å². The van der Waals surface area contributed by atoms with E-state index in [9.17, 15) is 9.59 Å². The molecule has 0 aromatic heterocycles. The average molecular weight is 374 g/mol. The van der Waals surface area contributed by atoms with Crippen molar-refractivity contribution in [3.8, 4) is 0 Å². The summed E-state index contributed by atoms with van der Waals surface area (Å²) < 4.78 is 1.13. The lowest BCUT2D eigenvalue weighted by Crippen LogP contribution is -2.46. The minimum Gasteiger partial charge on any atom is -0.368 e. The number of halogens is 1. The largest absolute Gasteiger partial charge is 0.368 e. The number of hydrogen-bond acceptors (Lipinski definition) is 2. The number of nitrogens with one attached hydrogen (secondary N) is 1. The number of benzene rings is 1. The van der Waals surface area contributed by atoms with Crippen LogP contribution in [-0.4, -0.2) is 17.9 Å². The monoisotopic (exact) mass is 374 g/mol. The molecule has 4 nitrogen and oxygen atoms in total. The summed E-state index contributed by atoms with van der Waals surface area (Å²) in [5.74, 6) is -0.383. The molecule has 0 bridgehead atoms. The van der Waals surface area contributed by atoms with Crippen molar-refractivity contribution in [3.05, 3.63) is 33.4 Å². The van der Waals surface area contributed by atoms with Gasteiger partial charge in [-0.3, -0.25) is 9.59 Å². The molecule has 0 fully saturated rings. The lowest BCUT2D eigenvalue weighted by molar-refractivity contribution is -0.127. The predicted octanol–water partition coefficient (Wildman–Crippen LogP) is 1.85. The van der Waals surface area contributed by atoms with Gasteiger partial charge in [0.25, 0.3) is 0 Å². The molecule has 0 aliphatic rings. The SMILES string of the molecule is CC(C)CC(=O)N[C@@H](Cc1ccc(I)cc1)C(N)=O. The molecule has 5 heteroatoms. The van der Waals surface area contributed by atoms with Crippen LogP contribution in [0.2, 0.25) is 0 Å². The van der Waals surface area contributed by atoms with E-state index in [1.807, 2.05) is 38.1 Å². The molecule has 0 spiro atoms. The highest BCUT2D eigenvalue weighted by molar-refractivity contribution is 14.1.